The van der Waals surface area contributed by atoms with Crippen molar-refractivity contribution in [3.63, 3.8) is 0 Å². The molecule has 8 aromatic rings. The number of benzene rings is 5. The molecular weight excluding hydrogens is 687 g/mol. The Morgan fingerprint density at radius 3 is 2.14 bits per heavy atom. The molecule has 3 aromatic heterocycles. The average molecular weight is 739 g/mol. The maximum Gasteiger partial charge on any atom is 0.503 e. The number of rotatable bonds is 6. The minimum atomic E-state index is -2.82. The molecule has 0 saturated heterocycles. The first-order valence-corrected chi connectivity index (χ1v) is 18.7. The Kier molecular flexibility index (Phi) is 6.62. The van der Waals surface area contributed by atoms with Gasteiger partial charge in [0.2, 0.25) is 11.4 Å². The van der Waals surface area contributed by atoms with Crippen LogP contribution in [0.5, 0.6) is 11.5 Å². The molecule has 0 bridgehead atoms. The fraction of sp³-hybridized carbons (Fsp3) is 0.180. The van der Waals surface area contributed by atoms with Crippen LogP contribution in [0.1, 0.15) is 67.8 Å². The van der Waals surface area contributed by atoms with Crippen molar-refractivity contribution >= 4 is 50.6 Å². The molecule has 0 fully saturated rings. The Balaban J connectivity index is 1.20. The predicted octanol–water partition coefficient (Wildman–Crippen LogP) is 12.8. The maximum absolute atomic E-state index is 8.92. The molecule has 9 rings (SSSR count). The van der Waals surface area contributed by atoms with E-state index in [1.54, 1.807) is 18.3 Å². The van der Waals surface area contributed by atoms with E-state index in [1.165, 1.54) is 5.56 Å². The van der Waals surface area contributed by atoms with Crippen LogP contribution in [0.25, 0.3) is 38.8 Å². The van der Waals surface area contributed by atoms with Crippen LogP contribution >= 0.6 is 0 Å². The lowest BCUT2D eigenvalue weighted by molar-refractivity contribution is 0.479. The SMILES string of the molecule is [2H]c1c([2H])c(C([2H])([2H])[2H])c([2H])c([2H])c1-c1ccccc1[N+]1=C=[N+](c2cc(Oc3ccc4c5cnccc5n(-c5cc(C(C)(C)C)ccn5)c4c3)cc(C(C)(C)C)c2)c2ccccc21. The van der Waals surface area contributed by atoms with Crippen molar-refractivity contribution in [1.29, 1.82) is 0 Å². The van der Waals surface area contributed by atoms with Gasteiger partial charge in [0.05, 0.1) is 28.1 Å². The molecule has 0 N–H and O–H groups in total. The summed E-state index contributed by atoms with van der Waals surface area (Å²) in [4.78, 5) is 9.28. The van der Waals surface area contributed by atoms with Gasteiger partial charge in [-0.3, -0.25) is 9.55 Å². The number of para-hydroxylation sites is 3. The van der Waals surface area contributed by atoms with Gasteiger partial charge in [-0.05, 0) is 86.0 Å². The van der Waals surface area contributed by atoms with E-state index in [0.717, 1.165) is 50.2 Å². The molecule has 4 heterocycles. The highest BCUT2D eigenvalue weighted by Crippen LogP contribution is 2.42. The largest absolute Gasteiger partial charge is 0.503 e. The summed E-state index contributed by atoms with van der Waals surface area (Å²) in [5.41, 5.74) is 6.46. The number of pyridine rings is 2. The highest BCUT2D eigenvalue weighted by Gasteiger charge is 2.38. The topological polar surface area (TPSA) is 46.0 Å². The third-order valence-electron chi connectivity index (χ3n) is 10.2. The van der Waals surface area contributed by atoms with E-state index in [1.807, 2.05) is 82.2 Å². The molecule has 6 nitrogen and oxygen atoms in total. The van der Waals surface area contributed by atoms with Crippen LogP contribution in [-0.4, -0.2) is 20.5 Å². The van der Waals surface area contributed by atoms with E-state index < -0.39 is 36.6 Å². The summed E-state index contributed by atoms with van der Waals surface area (Å²) in [6.45, 7) is 10.2. The second-order valence-corrected chi connectivity index (χ2v) is 16.2. The van der Waals surface area contributed by atoms with Crippen molar-refractivity contribution in [1.82, 2.24) is 23.7 Å². The second kappa shape index (κ2) is 13.3. The number of ether oxygens (including phenoxy) is 1. The second-order valence-electron chi connectivity index (χ2n) is 16.2. The molecule has 0 spiro atoms. The highest BCUT2D eigenvalue weighted by atomic mass is 16.5. The quantitative estimate of drug-likeness (QED) is 0.160. The highest BCUT2D eigenvalue weighted by molar-refractivity contribution is 6.09. The van der Waals surface area contributed by atoms with Gasteiger partial charge in [0.1, 0.15) is 17.3 Å². The summed E-state index contributed by atoms with van der Waals surface area (Å²) >= 11 is 0. The third kappa shape index (κ3) is 6.28. The van der Waals surface area contributed by atoms with Crippen molar-refractivity contribution in [3.05, 3.63) is 163 Å². The molecule has 1 aliphatic rings. The summed E-state index contributed by atoms with van der Waals surface area (Å²) in [6.07, 6.45) is 5.54. The van der Waals surface area contributed by atoms with Gasteiger partial charge in [0, 0.05) is 63.8 Å². The van der Waals surface area contributed by atoms with Crippen LogP contribution in [-0.2, 0) is 10.8 Å². The molecule has 0 aliphatic carbocycles. The normalized spacial score (nSPS) is 14.9. The molecular formula is C50H45N5O+2. The standard InChI is InChI=1S/C50H45N5O/c1-33-16-18-34(19-17-33)40-12-8-9-13-43(40)54-32-53(45-14-10-11-15-46(45)54)37-26-36(50(5,6)7)27-39(29-37)56-38-20-21-41-42-31-51-24-23-44(42)55(47(41)30-38)48-28-35(22-25-52-48)49(2,3)4/h8-31H,1-7H3/q+2/i1D3,16D,17D,18D,19D. The zero-order chi connectivity index (χ0) is 44.7. The molecule has 0 saturated carbocycles. The summed E-state index contributed by atoms with van der Waals surface area (Å²) in [7, 11) is 0. The third-order valence-corrected chi connectivity index (χ3v) is 10.2. The van der Waals surface area contributed by atoms with Crippen molar-refractivity contribution < 1.29 is 14.3 Å². The maximum atomic E-state index is 8.92. The molecule has 56 heavy (non-hydrogen) atoms. The van der Waals surface area contributed by atoms with Gasteiger partial charge in [-0.15, -0.1) is 0 Å². The van der Waals surface area contributed by atoms with Crippen molar-refractivity contribution in [2.45, 2.75) is 59.2 Å². The first-order valence-electron chi connectivity index (χ1n) is 22.2. The van der Waals surface area contributed by atoms with Gasteiger partial charge >= 0.3 is 6.01 Å². The number of aromatic nitrogens is 3. The molecule has 0 amide bonds. The van der Waals surface area contributed by atoms with E-state index in [-0.39, 0.29) is 16.4 Å². The Bertz CT molecular complexity index is 3230. The fourth-order valence-corrected chi connectivity index (χ4v) is 7.26. The molecule has 0 radical (unpaired) electrons. The van der Waals surface area contributed by atoms with Gasteiger partial charge in [-0.25, -0.2) is 4.98 Å². The first kappa shape index (κ1) is 27.9. The number of hydrogen-bond donors (Lipinski definition) is 0. The van der Waals surface area contributed by atoms with Gasteiger partial charge in [-0.1, -0.05) is 95.5 Å². The van der Waals surface area contributed by atoms with E-state index in [0.29, 0.717) is 22.7 Å². The zero-order valence-electron chi connectivity index (χ0n) is 39.2. The van der Waals surface area contributed by atoms with Crippen LogP contribution in [0.4, 0.5) is 22.7 Å². The molecule has 1 aliphatic heterocycles. The summed E-state index contributed by atoms with van der Waals surface area (Å²) in [5, 5.41) is 2.03. The van der Waals surface area contributed by atoms with Crippen molar-refractivity contribution in [2.75, 3.05) is 0 Å². The first-order chi connectivity index (χ1) is 29.8. The van der Waals surface area contributed by atoms with Gasteiger partial charge in [0.15, 0.2) is 0 Å². The van der Waals surface area contributed by atoms with Crippen LogP contribution in [0.15, 0.2) is 146 Å². The predicted molar refractivity (Wildman–Crippen MR) is 231 cm³/mol. The monoisotopic (exact) mass is 738 g/mol. The molecule has 0 atom stereocenters. The number of fused-ring (bicyclic) bond motifs is 4. The molecule has 274 valence electrons. The Morgan fingerprint density at radius 2 is 1.39 bits per heavy atom. The molecule has 0 unspecified atom stereocenters. The van der Waals surface area contributed by atoms with Crippen LogP contribution in [0, 0.1) is 6.85 Å². The Labute approximate surface area is 338 Å². The summed E-state index contributed by atoms with van der Waals surface area (Å²) in [5.74, 6) is 2.06. The minimum Gasteiger partial charge on any atom is -0.457 e. The van der Waals surface area contributed by atoms with Crippen LogP contribution in [0.2, 0.25) is 0 Å². The Hall–Kier alpha value is -6.62. The van der Waals surface area contributed by atoms with E-state index in [9.17, 15) is 0 Å². The Morgan fingerprint density at radius 1 is 0.661 bits per heavy atom. The van der Waals surface area contributed by atoms with E-state index in [4.69, 9.17) is 19.3 Å². The van der Waals surface area contributed by atoms with Crippen molar-refractivity contribution in [3.8, 4) is 28.4 Å². The average Bonchev–Trinajstić information content (AvgIpc) is 3.78. The zero-order valence-corrected chi connectivity index (χ0v) is 32.2. The fourth-order valence-electron chi connectivity index (χ4n) is 7.26. The minimum absolute atomic E-state index is 0.00158. The number of hydrogen-bond acceptors (Lipinski definition) is 3. The smallest absolute Gasteiger partial charge is 0.457 e. The lowest BCUT2D eigenvalue weighted by Gasteiger charge is -2.20. The van der Waals surface area contributed by atoms with Crippen LogP contribution in [0.3, 0.4) is 0 Å². The molecule has 6 heteroatoms. The van der Waals surface area contributed by atoms with Gasteiger partial charge in [0.25, 0.3) is 11.4 Å². The lowest BCUT2D eigenvalue weighted by Crippen LogP contribution is -2.12. The van der Waals surface area contributed by atoms with Crippen molar-refractivity contribution in [2.24, 2.45) is 0 Å². The summed E-state index contributed by atoms with van der Waals surface area (Å²) < 4.78 is 71.6. The van der Waals surface area contributed by atoms with E-state index in [2.05, 4.69) is 87.4 Å². The van der Waals surface area contributed by atoms with Gasteiger partial charge in [-0.2, -0.15) is 0 Å². The summed E-state index contributed by atoms with van der Waals surface area (Å²) in [6, 6.07) is 34.9. The molecule has 5 aromatic carbocycles. The van der Waals surface area contributed by atoms with Crippen LogP contribution < -0.4 is 13.9 Å². The lowest BCUT2D eigenvalue weighted by atomic mass is 9.86. The number of nitrogens with zero attached hydrogens (tertiary/aromatic N) is 5. The van der Waals surface area contributed by atoms with E-state index >= 15 is 0 Å². The van der Waals surface area contributed by atoms with Gasteiger partial charge < -0.3 is 4.74 Å².